The normalized spacial score (nSPS) is 12.2. The Balaban J connectivity index is 2.95. The Morgan fingerprint density at radius 1 is 1.30 bits per heavy atom. The van der Waals surface area contributed by atoms with E-state index in [0.29, 0.717) is 26.1 Å². The monoisotopic (exact) mass is 277 g/mol. The van der Waals surface area contributed by atoms with Crippen molar-refractivity contribution >= 4 is 0 Å². The van der Waals surface area contributed by atoms with E-state index in [0.717, 1.165) is 17.9 Å². The summed E-state index contributed by atoms with van der Waals surface area (Å²) in [6.07, 6.45) is 0.468. The van der Waals surface area contributed by atoms with Gasteiger partial charge in [-0.2, -0.15) is 5.26 Å². The number of hydrogen-bond donors (Lipinski definition) is 1. The van der Waals surface area contributed by atoms with Crippen molar-refractivity contribution < 1.29 is 9.47 Å². The number of hydrogen-bond acceptors (Lipinski definition) is 5. The maximum absolute atomic E-state index is 8.80. The second-order valence-electron chi connectivity index (χ2n) is 4.43. The van der Waals surface area contributed by atoms with Gasteiger partial charge < -0.3 is 15.2 Å². The highest BCUT2D eigenvalue weighted by Crippen LogP contribution is 2.28. The number of benzene rings is 1. The predicted octanol–water partition coefficient (Wildman–Crippen LogP) is 1.56. The number of nitriles is 1. The van der Waals surface area contributed by atoms with Crippen molar-refractivity contribution in [1.29, 1.82) is 5.26 Å². The fraction of sp³-hybridized carbons (Fsp3) is 0.533. The predicted molar refractivity (Wildman–Crippen MR) is 78.5 cm³/mol. The molecular weight excluding hydrogens is 254 g/mol. The van der Waals surface area contributed by atoms with Crippen molar-refractivity contribution in [2.75, 3.05) is 40.5 Å². The fourth-order valence-corrected chi connectivity index (χ4v) is 2.24. The summed E-state index contributed by atoms with van der Waals surface area (Å²) in [6, 6.07) is 10.1. The van der Waals surface area contributed by atoms with E-state index in [1.807, 2.05) is 24.3 Å². The molecular formula is C15H23N3O2. The van der Waals surface area contributed by atoms with E-state index in [1.165, 1.54) is 0 Å². The molecule has 1 rings (SSSR count). The highest BCUT2D eigenvalue weighted by Gasteiger charge is 2.21. The Kier molecular flexibility index (Phi) is 7.66. The first kappa shape index (κ1) is 16.4. The number of rotatable bonds is 9. The Morgan fingerprint density at radius 3 is 2.65 bits per heavy atom. The van der Waals surface area contributed by atoms with E-state index in [2.05, 4.69) is 11.0 Å². The summed E-state index contributed by atoms with van der Waals surface area (Å²) in [5, 5.41) is 8.80. The molecule has 0 fully saturated rings. The third-order valence-electron chi connectivity index (χ3n) is 3.26. The molecule has 0 saturated carbocycles. The van der Waals surface area contributed by atoms with Gasteiger partial charge in [-0.1, -0.05) is 18.2 Å². The second kappa shape index (κ2) is 9.32. The molecule has 0 bridgehead atoms. The molecule has 0 aliphatic heterocycles. The minimum atomic E-state index is 0.0228. The second-order valence-corrected chi connectivity index (χ2v) is 4.43. The van der Waals surface area contributed by atoms with Gasteiger partial charge in [-0.25, -0.2) is 0 Å². The average Bonchev–Trinajstić information content (AvgIpc) is 2.50. The zero-order valence-corrected chi connectivity index (χ0v) is 12.2. The van der Waals surface area contributed by atoms with Gasteiger partial charge in [0.25, 0.3) is 0 Å². The molecule has 110 valence electrons. The van der Waals surface area contributed by atoms with Gasteiger partial charge in [-0.15, -0.1) is 0 Å². The van der Waals surface area contributed by atoms with Crippen LogP contribution < -0.4 is 10.5 Å². The molecule has 0 amide bonds. The van der Waals surface area contributed by atoms with Crippen LogP contribution in [0.5, 0.6) is 5.75 Å². The molecule has 20 heavy (non-hydrogen) atoms. The van der Waals surface area contributed by atoms with Crippen LogP contribution in [0.3, 0.4) is 0 Å². The van der Waals surface area contributed by atoms with Crippen molar-refractivity contribution in [1.82, 2.24) is 4.90 Å². The minimum absolute atomic E-state index is 0.0228. The molecule has 0 aromatic heterocycles. The van der Waals surface area contributed by atoms with Gasteiger partial charge in [-0.3, -0.25) is 4.90 Å². The summed E-state index contributed by atoms with van der Waals surface area (Å²) in [5.41, 5.74) is 7.00. The first-order valence-corrected chi connectivity index (χ1v) is 6.71. The zero-order chi connectivity index (χ0) is 14.8. The average molecular weight is 277 g/mol. The number of nitrogens with two attached hydrogens (primary N) is 1. The lowest BCUT2D eigenvalue weighted by atomic mass is 10.0. The quantitative estimate of drug-likeness (QED) is 0.741. The van der Waals surface area contributed by atoms with Crippen LogP contribution in [0.4, 0.5) is 0 Å². The van der Waals surface area contributed by atoms with Crippen LogP contribution in [-0.2, 0) is 4.74 Å². The van der Waals surface area contributed by atoms with Gasteiger partial charge in [0.2, 0.25) is 0 Å². The molecule has 0 spiro atoms. The maximum atomic E-state index is 8.80. The molecule has 0 radical (unpaired) electrons. The van der Waals surface area contributed by atoms with Crippen LogP contribution in [0.1, 0.15) is 18.0 Å². The van der Waals surface area contributed by atoms with Crippen molar-refractivity contribution in [3.63, 3.8) is 0 Å². The molecule has 0 saturated heterocycles. The van der Waals surface area contributed by atoms with Gasteiger partial charge in [0.1, 0.15) is 5.75 Å². The molecule has 1 unspecified atom stereocenters. The maximum Gasteiger partial charge on any atom is 0.123 e. The van der Waals surface area contributed by atoms with E-state index in [1.54, 1.807) is 14.2 Å². The van der Waals surface area contributed by atoms with E-state index in [-0.39, 0.29) is 6.04 Å². The van der Waals surface area contributed by atoms with Gasteiger partial charge in [0.15, 0.2) is 0 Å². The number of ether oxygens (including phenoxy) is 2. The van der Waals surface area contributed by atoms with Gasteiger partial charge >= 0.3 is 0 Å². The highest BCUT2D eigenvalue weighted by atomic mass is 16.5. The molecule has 2 N–H and O–H groups in total. The van der Waals surface area contributed by atoms with Crippen LogP contribution in [0, 0.1) is 11.3 Å². The summed E-state index contributed by atoms with van der Waals surface area (Å²) in [5.74, 6) is 0.822. The topological polar surface area (TPSA) is 71.5 Å². The zero-order valence-electron chi connectivity index (χ0n) is 12.2. The summed E-state index contributed by atoms with van der Waals surface area (Å²) in [6.45, 7) is 2.48. The molecule has 0 heterocycles. The van der Waals surface area contributed by atoms with Crippen LogP contribution in [0.2, 0.25) is 0 Å². The summed E-state index contributed by atoms with van der Waals surface area (Å²) < 4.78 is 10.6. The standard InChI is InChI=1S/C15H23N3O2/c1-19-11-10-18(9-5-8-16)14(12-17)13-6-3-4-7-15(13)20-2/h3-4,6-7,14H,5,9-12,17H2,1-2H3. The van der Waals surface area contributed by atoms with Gasteiger partial charge in [0, 0.05) is 38.7 Å². The van der Waals surface area contributed by atoms with Crippen molar-refractivity contribution in [3.8, 4) is 11.8 Å². The SMILES string of the molecule is COCCN(CCC#N)C(CN)c1ccccc1OC. The lowest BCUT2D eigenvalue weighted by Crippen LogP contribution is -2.37. The molecule has 5 nitrogen and oxygen atoms in total. The van der Waals surface area contributed by atoms with E-state index in [9.17, 15) is 0 Å². The minimum Gasteiger partial charge on any atom is -0.496 e. The third kappa shape index (κ3) is 4.49. The highest BCUT2D eigenvalue weighted by molar-refractivity contribution is 5.36. The van der Waals surface area contributed by atoms with Crippen LogP contribution in [0.15, 0.2) is 24.3 Å². The lowest BCUT2D eigenvalue weighted by Gasteiger charge is -2.31. The summed E-state index contributed by atoms with van der Waals surface area (Å²) >= 11 is 0. The van der Waals surface area contributed by atoms with Crippen LogP contribution >= 0.6 is 0 Å². The Bertz CT molecular complexity index is 431. The number of nitrogens with zero attached hydrogens (tertiary/aromatic N) is 2. The molecule has 5 heteroatoms. The largest absolute Gasteiger partial charge is 0.496 e. The Morgan fingerprint density at radius 2 is 2.05 bits per heavy atom. The van der Waals surface area contributed by atoms with Gasteiger partial charge in [0.05, 0.1) is 25.8 Å². The van der Waals surface area contributed by atoms with E-state index in [4.69, 9.17) is 20.5 Å². The number of methoxy groups -OCH3 is 2. The van der Waals surface area contributed by atoms with Crippen LogP contribution in [0.25, 0.3) is 0 Å². The third-order valence-corrected chi connectivity index (χ3v) is 3.26. The Labute approximate surface area is 120 Å². The molecule has 1 aromatic carbocycles. The molecule has 0 aliphatic carbocycles. The van der Waals surface area contributed by atoms with Crippen molar-refractivity contribution in [3.05, 3.63) is 29.8 Å². The van der Waals surface area contributed by atoms with E-state index < -0.39 is 0 Å². The summed E-state index contributed by atoms with van der Waals surface area (Å²) in [7, 11) is 3.32. The first-order chi connectivity index (χ1) is 9.78. The first-order valence-electron chi connectivity index (χ1n) is 6.71. The van der Waals surface area contributed by atoms with Crippen LogP contribution in [-0.4, -0.2) is 45.4 Å². The molecule has 1 atom stereocenters. The lowest BCUT2D eigenvalue weighted by molar-refractivity contribution is 0.122. The smallest absolute Gasteiger partial charge is 0.123 e. The Hall–Kier alpha value is -1.61. The number of para-hydroxylation sites is 1. The summed E-state index contributed by atoms with van der Waals surface area (Å²) in [4.78, 5) is 2.17. The van der Waals surface area contributed by atoms with Gasteiger partial charge in [-0.05, 0) is 6.07 Å². The fourth-order valence-electron chi connectivity index (χ4n) is 2.24. The molecule has 1 aromatic rings. The van der Waals surface area contributed by atoms with Crippen molar-refractivity contribution in [2.24, 2.45) is 5.73 Å². The van der Waals surface area contributed by atoms with Crippen molar-refractivity contribution in [2.45, 2.75) is 12.5 Å². The van der Waals surface area contributed by atoms with E-state index >= 15 is 0 Å². The molecule has 0 aliphatic rings.